The molecule has 0 saturated carbocycles. The molecule has 0 N–H and O–H groups in total. The average molecular weight is 393 g/mol. The van der Waals surface area contributed by atoms with E-state index in [0.717, 1.165) is 30.4 Å². The van der Waals surface area contributed by atoms with E-state index in [0.29, 0.717) is 12.0 Å². The van der Waals surface area contributed by atoms with Crippen LogP contribution in [-0.4, -0.2) is 11.6 Å². The zero-order chi connectivity index (χ0) is 20.9. The van der Waals surface area contributed by atoms with Gasteiger partial charge in [0.2, 0.25) is 0 Å². The fourth-order valence-electron chi connectivity index (χ4n) is 3.57. The molecule has 2 rings (SSSR count). The van der Waals surface area contributed by atoms with Crippen LogP contribution in [0.4, 0.5) is 0 Å². The number of unbranched alkanes of at least 4 members (excludes halogenated alkanes) is 6. The minimum Gasteiger partial charge on any atom is -0.299 e. The molecule has 0 aliphatic heterocycles. The first-order chi connectivity index (χ1) is 14.1. The highest BCUT2D eigenvalue weighted by Gasteiger charge is 2.11. The summed E-state index contributed by atoms with van der Waals surface area (Å²) in [6, 6.07) is 16.4. The van der Waals surface area contributed by atoms with Crippen LogP contribution in [0.25, 0.3) is 11.1 Å². The molecule has 0 aromatic heterocycles. The van der Waals surface area contributed by atoms with Gasteiger partial charge in [0, 0.05) is 12.0 Å². The second-order valence-corrected chi connectivity index (χ2v) is 8.03. The fourth-order valence-corrected chi connectivity index (χ4v) is 3.57. The van der Waals surface area contributed by atoms with Gasteiger partial charge in [-0.2, -0.15) is 0 Å². The van der Waals surface area contributed by atoms with Crippen LogP contribution in [0.1, 0.15) is 94.0 Å². The quantitative estimate of drug-likeness (QED) is 0.188. The topological polar surface area (TPSA) is 34.1 Å². The van der Waals surface area contributed by atoms with Crippen molar-refractivity contribution in [2.24, 2.45) is 0 Å². The molecule has 2 aromatic carbocycles. The molecule has 0 saturated heterocycles. The van der Waals surface area contributed by atoms with Gasteiger partial charge in [0.05, 0.1) is 6.42 Å². The van der Waals surface area contributed by atoms with Crippen molar-refractivity contribution in [3.63, 3.8) is 0 Å². The lowest BCUT2D eigenvalue weighted by molar-refractivity contribution is -0.118. The molecular weight excluding hydrogens is 356 g/mol. The Hall–Kier alpha value is -2.22. The van der Waals surface area contributed by atoms with Crippen molar-refractivity contribution in [1.29, 1.82) is 0 Å². The van der Waals surface area contributed by atoms with Gasteiger partial charge in [-0.1, -0.05) is 101 Å². The number of rotatable bonds is 14. The van der Waals surface area contributed by atoms with E-state index in [1.165, 1.54) is 44.1 Å². The smallest absolute Gasteiger partial charge is 0.170 e. The summed E-state index contributed by atoms with van der Waals surface area (Å²) < 4.78 is 0. The largest absolute Gasteiger partial charge is 0.299 e. The van der Waals surface area contributed by atoms with Crippen LogP contribution in [0.5, 0.6) is 0 Å². The Morgan fingerprint density at radius 2 is 1.21 bits per heavy atom. The molecular formula is C27H36O2. The average Bonchev–Trinajstić information content (AvgIpc) is 2.75. The lowest BCUT2D eigenvalue weighted by Gasteiger charge is -2.06. The van der Waals surface area contributed by atoms with Gasteiger partial charge >= 0.3 is 0 Å². The van der Waals surface area contributed by atoms with Gasteiger partial charge in [0.1, 0.15) is 5.78 Å². The zero-order valence-corrected chi connectivity index (χ0v) is 18.2. The molecule has 0 bridgehead atoms. The minimum atomic E-state index is -0.0769. The predicted molar refractivity (Wildman–Crippen MR) is 122 cm³/mol. The number of carbonyl (C=O) groups is 2. The second-order valence-electron chi connectivity index (χ2n) is 8.03. The minimum absolute atomic E-state index is 0.0203. The molecule has 2 nitrogen and oxygen atoms in total. The van der Waals surface area contributed by atoms with Crippen molar-refractivity contribution in [1.82, 2.24) is 0 Å². The number of carbonyl (C=O) groups excluding carboxylic acids is 2. The Labute approximate surface area is 176 Å². The molecule has 2 aromatic rings. The molecule has 0 spiro atoms. The number of aryl methyl sites for hydroxylation is 1. The monoisotopic (exact) mass is 392 g/mol. The van der Waals surface area contributed by atoms with E-state index in [1.807, 2.05) is 24.3 Å². The summed E-state index contributed by atoms with van der Waals surface area (Å²) >= 11 is 0. The van der Waals surface area contributed by atoms with Crippen LogP contribution >= 0.6 is 0 Å². The van der Waals surface area contributed by atoms with Crippen molar-refractivity contribution in [3.05, 3.63) is 59.7 Å². The molecule has 0 aliphatic rings. The molecule has 0 radical (unpaired) electrons. The number of benzene rings is 2. The van der Waals surface area contributed by atoms with E-state index in [9.17, 15) is 9.59 Å². The van der Waals surface area contributed by atoms with Crippen molar-refractivity contribution >= 4 is 11.6 Å². The molecule has 2 heteroatoms. The molecule has 29 heavy (non-hydrogen) atoms. The third-order valence-electron chi connectivity index (χ3n) is 5.48. The normalized spacial score (nSPS) is 10.8. The highest BCUT2D eigenvalue weighted by Crippen LogP contribution is 2.22. The van der Waals surface area contributed by atoms with Crippen LogP contribution in [0.15, 0.2) is 48.5 Å². The van der Waals surface area contributed by atoms with Gasteiger partial charge in [-0.3, -0.25) is 9.59 Å². The Kier molecular flexibility index (Phi) is 10.4. The third-order valence-corrected chi connectivity index (χ3v) is 5.48. The molecule has 0 unspecified atom stereocenters. The second kappa shape index (κ2) is 13.1. The Bertz CT molecular complexity index is 741. The van der Waals surface area contributed by atoms with E-state index in [-0.39, 0.29) is 18.0 Å². The van der Waals surface area contributed by atoms with Gasteiger partial charge in [-0.25, -0.2) is 0 Å². The fraction of sp³-hybridized carbons (Fsp3) is 0.481. The summed E-state index contributed by atoms with van der Waals surface area (Å²) in [5.74, 6) is -0.0335. The third kappa shape index (κ3) is 8.35. The highest BCUT2D eigenvalue weighted by molar-refractivity contribution is 6.08. The summed E-state index contributed by atoms with van der Waals surface area (Å²) in [5, 5.41) is 0. The maximum atomic E-state index is 12.3. The molecule has 0 fully saturated rings. The van der Waals surface area contributed by atoms with Crippen LogP contribution in [0, 0.1) is 0 Å². The van der Waals surface area contributed by atoms with Gasteiger partial charge in [0.15, 0.2) is 5.78 Å². The molecule has 0 heterocycles. The first kappa shape index (κ1) is 23.1. The van der Waals surface area contributed by atoms with Crippen LogP contribution in [0.2, 0.25) is 0 Å². The first-order valence-corrected chi connectivity index (χ1v) is 11.4. The van der Waals surface area contributed by atoms with Crippen molar-refractivity contribution < 1.29 is 9.59 Å². The molecule has 0 amide bonds. The molecule has 156 valence electrons. The number of hydrogen-bond acceptors (Lipinski definition) is 2. The first-order valence-electron chi connectivity index (χ1n) is 11.4. The van der Waals surface area contributed by atoms with Crippen LogP contribution in [-0.2, 0) is 11.2 Å². The summed E-state index contributed by atoms with van der Waals surface area (Å²) in [7, 11) is 0. The summed E-state index contributed by atoms with van der Waals surface area (Å²) in [5.41, 5.74) is 4.28. The Morgan fingerprint density at radius 1 is 0.655 bits per heavy atom. The van der Waals surface area contributed by atoms with Crippen molar-refractivity contribution in [2.45, 2.75) is 84.5 Å². The van der Waals surface area contributed by atoms with Gasteiger partial charge < -0.3 is 0 Å². The maximum Gasteiger partial charge on any atom is 0.170 e. The van der Waals surface area contributed by atoms with E-state index < -0.39 is 0 Å². The Balaban J connectivity index is 1.84. The lowest BCUT2D eigenvalue weighted by atomic mass is 9.98. The van der Waals surface area contributed by atoms with E-state index in [1.54, 1.807) is 0 Å². The number of ketones is 2. The summed E-state index contributed by atoms with van der Waals surface area (Å²) in [4.78, 5) is 24.1. The summed E-state index contributed by atoms with van der Waals surface area (Å²) in [6.45, 7) is 4.30. The summed E-state index contributed by atoms with van der Waals surface area (Å²) in [6.07, 6.45) is 11.5. The van der Waals surface area contributed by atoms with Crippen LogP contribution < -0.4 is 0 Å². The molecule has 0 aliphatic carbocycles. The van der Waals surface area contributed by atoms with E-state index >= 15 is 0 Å². The van der Waals surface area contributed by atoms with Gasteiger partial charge in [-0.15, -0.1) is 0 Å². The lowest BCUT2D eigenvalue weighted by Crippen LogP contribution is -2.07. The van der Waals surface area contributed by atoms with Gasteiger partial charge in [0.25, 0.3) is 0 Å². The highest BCUT2D eigenvalue weighted by atomic mass is 16.1. The number of Topliss-reactive ketones (excluding diaryl/α,β-unsaturated/α-hetero) is 2. The Morgan fingerprint density at radius 3 is 1.83 bits per heavy atom. The predicted octanol–water partition coefficient (Wildman–Crippen LogP) is 7.59. The van der Waals surface area contributed by atoms with Crippen molar-refractivity contribution in [3.8, 4) is 11.1 Å². The van der Waals surface area contributed by atoms with Crippen LogP contribution in [0.3, 0.4) is 0 Å². The maximum absolute atomic E-state index is 12.3. The molecule has 0 atom stereocenters. The SMILES string of the molecule is CCCCCCCCc1ccc(-c2ccc(C(=O)CC(=O)CCCC)cc2)cc1. The van der Waals surface area contributed by atoms with Crippen molar-refractivity contribution in [2.75, 3.05) is 0 Å². The van der Waals surface area contributed by atoms with E-state index in [2.05, 4.69) is 38.1 Å². The van der Waals surface area contributed by atoms with Gasteiger partial charge in [-0.05, 0) is 36.0 Å². The number of hydrogen-bond donors (Lipinski definition) is 0. The van der Waals surface area contributed by atoms with E-state index in [4.69, 9.17) is 0 Å². The standard InChI is InChI=1S/C27H36O2/c1-3-5-7-8-9-10-11-22-13-15-23(16-14-22)24-17-19-25(20-18-24)27(29)21-26(28)12-6-4-2/h13-20H,3-12,21H2,1-2H3. The zero-order valence-electron chi connectivity index (χ0n) is 18.2.